The van der Waals surface area contributed by atoms with Crippen molar-refractivity contribution in [1.29, 1.82) is 0 Å². The molecule has 2 aromatic heterocycles. The van der Waals surface area contributed by atoms with Gasteiger partial charge in [0.25, 0.3) is 11.6 Å². The number of hydrogen-bond acceptors (Lipinski definition) is 8. The highest BCUT2D eigenvalue weighted by Gasteiger charge is 2.45. The third-order valence-corrected chi connectivity index (χ3v) is 6.50. The van der Waals surface area contributed by atoms with Gasteiger partial charge in [-0.3, -0.25) is 24.6 Å². The van der Waals surface area contributed by atoms with E-state index >= 15 is 0 Å². The fourth-order valence-electron chi connectivity index (χ4n) is 3.75. The van der Waals surface area contributed by atoms with Crippen LogP contribution in [0.4, 0.5) is 10.8 Å². The number of carbonyl (C=O) groups is 1. The maximum absolute atomic E-state index is 13.5. The van der Waals surface area contributed by atoms with Crippen molar-refractivity contribution in [2.24, 2.45) is 0 Å². The number of halogens is 1. The van der Waals surface area contributed by atoms with Gasteiger partial charge in [-0.25, -0.2) is 0 Å². The van der Waals surface area contributed by atoms with Gasteiger partial charge in [0.05, 0.1) is 21.9 Å². The lowest BCUT2D eigenvalue weighted by Crippen LogP contribution is -2.29. The van der Waals surface area contributed by atoms with Gasteiger partial charge >= 0.3 is 0 Å². The second-order valence-electron chi connectivity index (χ2n) is 7.08. The zero-order valence-corrected chi connectivity index (χ0v) is 18.0. The van der Waals surface area contributed by atoms with E-state index in [0.29, 0.717) is 22.0 Å². The van der Waals surface area contributed by atoms with Gasteiger partial charge in [0, 0.05) is 17.2 Å². The lowest BCUT2D eigenvalue weighted by Gasteiger charge is -2.21. The molecule has 9 nitrogen and oxygen atoms in total. The molecule has 4 aromatic rings. The zero-order chi connectivity index (χ0) is 22.6. The van der Waals surface area contributed by atoms with Gasteiger partial charge in [-0.15, -0.1) is 10.2 Å². The third kappa shape index (κ3) is 3.07. The standard InChI is InChI=1S/C21H13ClN4O5S/c1-2-15-23-24-21(32-15)25-17(10-4-3-5-12(8-10)26(29)30)16-18(27)13-9-11(22)6-7-14(13)31-19(16)20(25)28/h3-9,17H,2H2,1H3/t17-/m0/s1. The summed E-state index contributed by atoms with van der Waals surface area (Å²) in [5.41, 5.74) is 0.0869. The van der Waals surface area contributed by atoms with E-state index in [2.05, 4.69) is 10.2 Å². The number of hydrogen-bond donors (Lipinski definition) is 0. The number of aromatic nitrogens is 2. The molecular formula is C21H13ClN4O5S. The van der Waals surface area contributed by atoms with Crippen LogP contribution in [0.15, 0.2) is 51.7 Å². The van der Waals surface area contributed by atoms with Crippen LogP contribution in [0.5, 0.6) is 0 Å². The number of amides is 1. The Morgan fingerprint density at radius 3 is 2.75 bits per heavy atom. The maximum atomic E-state index is 13.5. The third-order valence-electron chi connectivity index (χ3n) is 5.19. The number of fused-ring (bicyclic) bond motifs is 2. The lowest BCUT2D eigenvalue weighted by molar-refractivity contribution is -0.384. The number of non-ortho nitro benzene ring substituents is 1. The molecule has 0 N–H and O–H groups in total. The van der Waals surface area contributed by atoms with E-state index in [-0.39, 0.29) is 33.1 Å². The van der Waals surface area contributed by atoms with Crippen LogP contribution in [0.25, 0.3) is 11.0 Å². The Morgan fingerprint density at radius 2 is 2.03 bits per heavy atom. The number of nitrogens with zero attached hydrogens (tertiary/aromatic N) is 4. The Bertz CT molecular complexity index is 1480. The lowest BCUT2D eigenvalue weighted by atomic mass is 9.98. The van der Waals surface area contributed by atoms with Crippen LogP contribution < -0.4 is 10.3 Å². The minimum Gasteiger partial charge on any atom is -0.450 e. The van der Waals surface area contributed by atoms with Crippen molar-refractivity contribution < 1.29 is 14.1 Å². The summed E-state index contributed by atoms with van der Waals surface area (Å²) >= 11 is 7.28. The SMILES string of the molecule is CCc1nnc(N2C(=O)c3oc4ccc(Cl)cc4c(=O)c3[C@@H]2c2cccc([N+](=O)[O-])c2)s1. The average Bonchev–Trinajstić information content (AvgIpc) is 3.37. The number of nitro benzene ring substituents is 1. The fourth-order valence-corrected chi connectivity index (χ4v) is 4.73. The maximum Gasteiger partial charge on any atom is 0.297 e. The smallest absolute Gasteiger partial charge is 0.297 e. The van der Waals surface area contributed by atoms with Crippen LogP contribution in [0.3, 0.4) is 0 Å². The Balaban J connectivity index is 1.81. The first-order valence-corrected chi connectivity index (χ1v) is 10.7. The normalized spacial score (nSPS) is 15.4. The number of nitro groups is 1. The summed E-state index contributed by atoms with van der Waals surface area (Å²) < 4.78 is 5.84. The van der Waals surface area contributed by atoms with Crippen molar-refractivity contribution in [3.05, 3.63) is 89.7 Å². The molecule has 0 bridgehead atoms. The van der Waals surface area contributed by atoms with Crippen molar-refractivity contribution in [3.8, 4) is 0 Å². The number of aryl methyl sites for hydroxylation is 1. The van der Waals surface area contributed by atoms with E-state index in [4.69, 9.17) is 16.0 Å². The van der Waals surface area contributed by atoms with Crippen molar-refractivity contribution in [3.63, 3.8) is 0 Å². The predicted molar refractivity (Wildman–Crippen MR) is 119 cm³/mol. The Kier molecular flexibility index (Phi) is 4.75. The van der Waals surface area contributed by atoms with E-state index in [1.165, 1.54) is 46.6 Å². The minimum atomic E-state index is -0.963. The highest BCUT2D eigenvalue weighted by molar-refractivity contribution is 7.15. The van der Waals surface area contributed by atoms with E-state index < -0.39 is 22.3 Å². The first kappa shape index (κ1) is 20.3. The van der Waals surface area contributed by atoms with Crippen LogP contribution in [-0.4, -0.2) is 21.0 Å². The van der Waals surface area contributed by atoms with Crippen LogP contribution in [-0.2, 0) is 6.42 Å². The van der Waals surface area contributed by atoms with E-state index in [9.17, 15) is 19.7 Å². The van der Waals surface area contributed by atoms with Crippen LogP contribution in [0, 0.1) is 10.1 Å². The summed E-state index contributed by atoms with van der Waals surface area (Å²) in [7, 11) is 0. The molecule has 0 saturated heterocycles. The molecule has 1 amide bonds. The molecule has 1 atom stereocenters. The van der Waals surface area contributed by atoms with Crippen LogP contribution in [0.1, 0.15) is 39.7 Å². The molecule has 0 saturated carbocycles. The van der Waals surface area contributed by atoms with Gasteiger partial charge in [-0.1, -0.05) is 42.0 Å². The first-order chi connectivity index (χ1) is 15.4. The molecule has 0 aliphatic carbocycles. The molecule has 2 aromatic carbocycles. The Labute approximate surface area is 189 Å². The second kappa shape index (κ2) is 7.50. The highest BCUT2D eigenvalue weighted by Crippen LogP contribution is 2.42. The van der Waals surface area contributed by atoms with Gasteiger partial charge in [-0.05, 0) is 30.2 Å². The quantitative estimate of drug-likeness (QED) is 0.319. The summed E-state index contributed by atoms with van der Waals surface area (Å²) in [6.07, 6.45) is 0.619. The van der Waals surface area contributed by atoms with Gasteiger partial charge < -0.3 is 4.42 Å². The predicted octanol–water partition coefficient (Wildman–Crippen LogP) is 4.52. The molecule has 1 aliphatic heterocycles. The van der Waals surface area contributed by atoms with Crippen molar-refractivity contribution >= 4 is 50.6 Å². The molecule has 0 spiro atoms. The number of anilines is 1. The summed E-state index contributed by atoms with van der Waals surface area (Å²) in [6.45, 7) is 1.91. The van der Waals surface area contributed by atoms with Crippen LogP contribution >= 0.6 is 22.9 Å². The van der Waals surface area contributed by atoms with Crippen molar-refractivity contribution in [2.75, 3.05) is 4.90 Å². The monoisotopic (exact) mass is 468 g/mol. The van der Waals surface area contributed by atoms with Crippen molar-refractivity contribution in [1.82, 2.24) is 10.2 Å². The molecule has 160 valence electrons. The number of benzene rings is 2. The molecule has 0 radical (unpaired) electrons. The molecule has 32 heavy (non-hydrogen) atoms. The van der Waals surface area contributed by atoms with E-state index in [1.807, 2.05) is 6.92 Å². The summed E-state index contributed by atoms with van der Waals surface area (Å²) in [4.78, 5) is 39.1. The van der Waals surface area contributed by atoms with E-state index in [0.717, 1.165) is 0 Å². The number of carbonyl (C=O) groups excluding carboxylic acids is 1. The van der Waals surface area contributed by atoms with Crippen LogP contribution in [0.2, 0.25) is 5.02 Å². The second-order valence-corrected chi connectivity index (χ2v) is 8.55. The van der Waals surface area contributed by atoms with Gasteiger partial charge in [0.1, 0.15) is 10.6 Å². The van der Waals surface area contributed by atoms with Gasteiger partial charge in [0.2, 0.25) is 10.9 Å². The van der Waals surface area contributed by atoms with Crippen molar-refractivity contribution in [2.45, 2.75) is 19.4 Å². The molecule has 5 rings (SSSR count). The fraction of sp³-hybridized carbons (Fsp3) is 0.143. The van der Waals surface area contributed by atoms with Gasteiger partial charge in [0.15, 0.2) is 5.43 Å². The first-order valence-electron chi connectivity index (χ1n) is 9.55. The minimum absolute atomic E-state index is 0.0820. The van der Waals surface area contributed by atoms with Gasteiger partial charge in [-0.2, -0.15) is 0 Å². The highest BCUT2D eigenvalue weighted by atomic mass is 35.5. The summed E-state index contributed by atoms with van der Waals surface area (Å²) in [5.74, 6) is -0.696. The molecule has 0 fully saturated rings. The Hall–Kier alpha value is -3.63. The number of rotatable bonds is 4. The molecule has 3 heterocycles. The summed E-state index contributed by atoms with van der Waals surface area (Å²) in [5, 5.41) is 21.1. The molecule has 1 aliphatic rings. The zero-order valence-electron chi connectivity index (χ0n) is 16.4. The van der Waals surface area contributed by atoms with E-state index in [1.54, 1.807) is 12.1 Å². The molecule has 0 unspecified atom stereocenters. The average molecular weight is 469 g/mol. The summed E-state index contributed by atoms with van der Waals surface area (Å²) in [6, 6.07) is 9.40. The molecule has 11 heteroatoms. The largest absolute Gasteiger partial charge is 0.450 e. The molecular weight excluding hydrogens is 456 g/mol. The Morgan fingerprint density at radius 1 is 1.22 bits per heavy atom. The topological polar surface area (TPSA) is 119 Å².